The van der Waals surface area contributed by atoms with Gasteiger partial charge in [0.25, 0.3) is 0 Å². The Bertz CT molecular complexity index is 2660. The molecule has 0 saturated heterocycles. The van der Waals surface area contributed by atoms with Crippen LogP contribution in [-0.4, -0.2) is 25.8 Å². The first-order chi connectivity index (χ1) is 33.3. The summed E-state index contributed by atoms with van der Waals surface area (Å²) in [5, 5.41) is 0. The molecule has 5 aromatic carbocycles. The Balaban J connectivity index is 0.000000500. The molecule has 6 aromatic rings. The fraction of sp³-hybridized carbons (Fsp3) is 0.227. The molecule has 6 rings (SSSR count). The van der Waals surface area contributed by atoms with E-state index in [4.69, 9.17) is 0 Å². The number of aromatic nitrogens is 2. The van der Waals surface area contributed by atoms with Gasteiger partial charge >= 0.3 is 49.4 Å². The maximum Gasteiger partial charge on any atom is 0.416 e. The van der Waals surface area contributed by atoms with Gasteiger partial charge in [0.15, 0.2) is 28.8 Å². The molecule has 0 aliphatic rings. The number of hydrogen-bond acceptors (Lipinski definition) is 3. The molecule has 4 nitrogen and oxygen atoms in total. The standard InChI is InChI=1S/C32H12BF24.C12H13N2O2S/c34-25(35,36)13-1-14(26(37,38)39)6-21(5-13)33(22-7-15(27(40,41)42)2-16(8-22)28(43,44)45,23-9-17(29(46,47)48)3-18(10-23)30(49,50)51)24-11-19(31(52,53)54)4-20(12-24)32(55,56)57;1-17(15,16)12-4-2-11(3-5-12)10-14-8-6-13-7-9-14/h1-12H;2-9H,10H2,1H3/q-1;+1. The minimum absolute atomic E-state index is 0.348. The largest absolute Gasteiger partial charge is 0.416 e. The summed E-state index contributed by atoms with van der Waals surface area (Å²) < 4.78 is 365. The molecule has 0 unspecified atom stereocenters. The van der Waals surface area contributed by atoms with Gasteiger partial charge in [-0.05, 0) is 36.4 Å². The Morgan fingerprint density at radius 1 is 0.378 bits per heavy atom. The molecule has 0 aliphatic heterocycles. The molecule has 0 radical (unpaired) electrons. The molecule has 74 heavy (non-hydrogen) atoms. The van der Waals surface area contributed by atoms with Crippen molar-refractivity contribution in [3.63, 3.8) is 0 Å². The third-order valence-corrected chi connectivity index (χ3v) is 12.0. The van der Waals surface area contributed by atoms with Crippen LogP contribution in [0, 0.1) is 0 Å². The third kappa shape index (κ3) is 13.6. The molecule has 1 heterocycles. The molecule has 30 heteroatoms. The topological polar surface area (TPSA) is 50.9 Å². The lowest BCUT2D eigenvalue weighted by atomic mass is 9.12. The van der Waals surface area contributed by atoms with Gasteiger partial charge in [0, 0.05) is 11.8 Å². The summed E-state index contributed by atoms with van der Waals surface area (Å²) in [6.45, 7) is 0.701. The lowest BCUT2D eigenvalue weighted by Crippen LogP contribution is -2.75. The summed E-state index contributed by atoms with van der Waals surface area (Å²) in [6.07, 6.45) is -46.4. The van der Waals surface area contributed by atoms with Crippen molar-refractivity contribution in [3.05, 3.63) is 172 Å². The maximum atomic E-state index is 14.2. The normalized spacial score (nSPS) is 13.6. The SMILES string of the molecule is CS(=O)(=O)c1ccc(C[n+]2ccncc2)cc1.FC(F)(F)c1cc([B-](c2cc(C(F)(F)F)cc(C(F)(F)F)c2)(c2cc(C(F)(F)F)cc(C(F)(F)F)c2)c2cc(C(F)(F)F)cc(C(F)(F)F)c2)cc(C(F)(F)F)c1. The van der Waals surface area contributed by atoms with Gasteiger partial charge in [0.2, 0.25) is 0 Å². The summed E-state index contributed by atoms with van der Waals surface area (Å²) >= 11 is 0. The minimum Gasteiger partial charge on any atom is -0.252 e. The van der Waals surface area contributed by atoms with Crippen LogP contribution in [0.5, 0.6) is 0 Å². The van der Waals surface area contributed by atoms with Crippen LogP contribution in [0.4, 0.5) is 105 Å². The first-order valence-electron chi connectivity index (χ1n) is 19.8. The van der Waals surface area contributed by atoms with Gasteiger partial charge in [0.05, 0.1) is 61.8 Å². The zero-order valence-corrected chi connectivity index (χ0v) is 36.8. The van der Waals surface area contributed by atoms with Crippen molar-refractivity contribution in [1.29, 1.82) is 0 Å². The molecule has 0 amide bonds. The van der Waals surface area contributed by atoms with E-state index in [1.807, 2.05) is 29.1 Å². The van der Waals surface area contributed by atoms with Crippen molar-refractivity contribution >= 4 is 37.8 Å². The van der Waals surface area contributed by atoms with Crippen molar-refractivity contribution in [2.24, 2.45) is 0 Å². The van der Waals surface area contributed by atoms with Crippen LogP contribution < -0.4 is 26.4 Å². The summed E-state index contributed by atoms with van der Waals surface area (Å²) in [7, 11) is -3.11. The summed E-state index contributed by atoms with van der Waals surface area (Å²) in [5.74, 6) is 0. The van der Waals surface area contributed by atoms with Crippen LogP contribution in [0.3, 0.4) is 0 Å². The van der Waals surface area contributed by atoms with E-state index in [1.165, 1.54) is 6.26 Å². The zero-order valence-electron chi connectivity index (χ0n) is 36.0. The fourth-order valence-corrected chi connectivity index (χ4v) is 8.21. The first-order valence-corrected chi connectivity index (χ1v) is 21.6. The van der Waals surface area contributed by atoms with Crippen molar-refractivity contribution in [3.8, 4) is 0 Å². The molecule has 1 aromatic heterocycles. The fourth-order valence-electron chi connectivity index (χ4n) is 7.58. The van der Waals surface area contributed by atoms with Crippen LogP contribution in [0.25, 0.3) is 0 Å². The Labute approximate surface area is 399 Å². The van der Waals surface area contributed by atoms with Gasteiger partial charge in [-0.3, -0.25) is 4.98 Å². The lowest BCUT2D eigenvalue weighted by Gasteiger charge is -2.46. The van der Waals surface area contributed by atoms with Crippen LogP contribution in [0.15, 0.2) is 127 Å². The van der Waals surface area contributed by atoms with E-state index >= 15 is 0 Å². The predicted octanol–water partition coefficient (Wildman–Crippen LogP) is 12.0. The van der Waals surface area contributed by atoms with Gasteiger partial charge in [-0.2, -0.15) is 132 Å². The Morgan fingerprint density at radius 2 is 0.595 bits per heavy atom. The second-order valence-corrected chi connectivity index (χ2v) is 18.1. The number of rotatable bonds is 7. The molecule has 0 bridgehead atoms. The molecule has 0 saturated carbocycles. The van der Waals surface area contributed by atoms with E-state index in [0.29, 0.717) is 11.4 Å². The van der Waals surface area contributed by atoms with Gasteiger partial charge in [-0.15, -0.1) is 0 Å². The lowest BCUT2D eigenvalue weighted by molar-refractivity contribution is -0.688. The molecule has 0 N–H and O–H groups in total. The van der Waals surface area contributed by atoms with Crippen molar-refractivity contribution in [2.45, 2.75) is 60.9 Å². The number of benzene rings is 5. The molecule has 0 spiro atoms. The average molecular weight is 1110 g/mol. The number of nitrogens with zero attached hydrogens (tertiary/aromatic N) is 2. The van der Waals surface area contributed by atoms with Crippen molar-refractivity contribution in [2.75, 3.05) is 6.26 Å². The van der Waals surface area contributed by atoms with E-state index in [1.54, 1.807) is 24.5 Å². The summed E-state index contributed by atoms with van der Waals surface area (Å²) in [4.78, 5) is 4.28. The van der Waals surface area contributed by atoms with E-state index in [0.717, 1.165) is 5.56 Å². The summed E-state index contributed by atoms with van der Waals surface area (Å²) in [5.41, 5.74) is -29.2. The number of alkyl halides is 24. The van der Waals surface area contributed by atoms with Gasteiger partial charge in [0.1, 0.15) is 6.15 Å². The smallest absolute Gasteiger partial charge is 0.252 e. The van der Waals surface area contributed by atoms with Crippen molar-refractivity contribution in [1.82, 2.24) is 4.98 Å². The molecule has 0 atom stereocenters. The molecular formula is C44H25BF24N2O2S. The van der Waals surface area contributed by atoms with Gasteiger partial charge in [-0.25, -0.2) is 8.42 Å². The quantitative estimate of drug-likeness (QED) is 0.0909. The Kier molecular flexibility index (Phi) is 15.5. The second-order valence-electron chi connectivity index (χ2n) is 16.1. The highest BCUT2D eigenvalue weighted by atomic mass is 32.2. The number of sulfone groups is 1. The Morgan fingerprint density at radius 3 is 0.784 bits per heavy atom. The third-order valence-electron chi connectivity index (χ3n) is 10.8. The van der Waals surface area contributed by atoms with Crippen LogP contribution >= 0.6 is 0 Å². The Hall–Kier alpha value is -6.49. The monoisotopic (exact) mass is 1110 g/mol. The predicted molar refractivity (Wildman–Crippen MR) is 213 cm³/mol. The van der Waals surface area contributed by atoms with Gasteiger partial charge in [-0.1, -0.05) is 60.7 Å². The van der Waals surface area contributed by atoms with Crippen LogP contribution in [-0.2, 0) is 65.8 Å². The molecule has 400 valence electrons. The maximum absolute atomic E-state index is 14.2. The zero-order chi connectivity index (χ0) is 56.2. The highest BCUT2D eigenvalue weighted by Gasteiger charge is 2.47. The van der Waals surface area contributed by atoms with Crippen molar-refractivity contribution < 1.29 is 118 Å². The van der Waals surface area contributed by atoms with E-state index in [9.17, 15) is 114 Å². The molecule has 0 aliphatic carbocycles. The van der Waals surface area contributed by atoms with E-state index in [2.05, 4.69) is 4.98 Å². The number of hydrogen-bond donors (Lipinski definition) is 0. The summed E-state index contributed by atoms with van der Waals surface area (Å²) in [6, 6.07) is -1.90. The second kappa shape index (κ2) is 19.7. The highest BCUT2D eigenvalue weighted by Crippen LogP contribution is 2.41. The average Bonchev–Trinajstić information content (AvgIpc) is 3.24. The van der Waals surface area contributed by atoms with E-state index < -0.39 is 205 Å². The van der Waals surface area contributed by atoms with Crippen LogP contribution in [0.1, 0.15) is 50.1 Å². The van der Waals surface area contributed by atoms with Gasteiger partial charge < -0.3 is 0 Å². The van der Waals surface area contributed by atoms with Crippen LogP contribution in [0.2, 0.25) is 0 Å². The van der Waals surface area contributed by atoms with E-state index in [-0.39, 0.29) is 0 Å². The minimum atomic E-state index is -6.13. The molecule has 0 fully saturated rings. The highest BCUT2D eigenvalue weighted by molar-refractivity contribution is 7.90. The first kappa shape index (κ1) is 58.4. The number of halogens is 24. The molecular weight excluding hydrogens is 1090 g/mol.